The molecule has 0 N–H and O–H groups in total. The Labute approximate surface area is 112 Å². The molecule has 0 aromatic heterocycles. The Bertz CT molecular complexity index is 538. The lowest BCUT2D eigenvalue weighted by molar-refractivity contribution is -0.385. The molecule has 1 aliphatic heterocycles. The van der Waals surface area contributed by atoms with E-state index >= 15 is 0 Å². The van der Waals surface area contributed by atoms with Gasteiger partial charge in [-0.2, -0.15) is 0 Å². The first-order valence-electron chi connectivity index (χ1n) is 6.52. The molecule has 1 heterocycles. The van der Waals surface area contributed by atoms with Crippen LogP contribution in [0.1, 0.15) is 41.3 Å². The predicted octanol–water partition coefficient (Wildman–Crippen LogP) is 2.84. The van der Waals surface area contributed by atoms with Gasteiger partial charge >= 0.3 is 0 Å². The van der Waals surface area contributed by atoms with Crippen LogP contribution in [0, 0.1) is 24.0 Å². The van der Waals surface area contributed by atoms with E-state index < -0.39 is 4.92 Å². The second-order valence-electron chi connectivity index (χ2n) is 5.06. The van der Waals surface area contributed by atoms with Crippen molar-refractivity contribution in [2.24, 2.45) is 0 Å². The first-order chi connectivity index (χ1) is 8.95. The zero-order chi connectivity index (χ0) is 14.2. The molecular formula is C14H18N2O3. The van der Waals surface area contributed by atoms with Crippen molar-refractivity contribution in [2.75, 3.05) is 6.54 Å². The number of rotatable bonds is 3. The Morgan fingerprint density at radius 1 is 1.42 bits per heavy atom. The molecule has 1 amide bonds. The maximum Gasteiger partial charge on any atom is 0.282 e. The summed E-state index contributed by atoms with van der Waals surface area (Å²) in [5, 5.41) is 11.1. The van der Waals surface area contributed by atoms with Crippen LogP contribution in [0.5, 0.6) is 0 Å². The lowest BCUT2D eigenvalue weighted by Crippen LogP contribution is -2.50. The number of hydrogen-bond acceptors (Lipinski definition) is 3. The van der Waals surface area contributed by atoms with Crippen molar-refractivity contribution in [1.82, 2.24) is 4.90 Å². The summed E-state index contributed by atoms with van der Waals surface area (Å²) in [6.45, 7) is 6.40. The monoisotopic (exact) mass is 262 g/mol. The molecule has 0 radical (unpaired) electrons. The quantitative estimate of drug-likeness (QED) is 0.621. The van der Waals surface area contributed by atoms with E-state index in [1.165, 1.54) is 6.07 Å². The van der Waals surface area contributed by atoms with Crippen LogP contribution >= 0.6 is 0 Å². The predicted molar refractivity (Wildman–Crippen MR) is 72.3 cm³/mol. The summed E-state index contributed by atoms with van der Waals surface area (Å²) in [6, 6.07) is 3.36. The molecule has 5 nitrogen and oxygen atoms in total. The second-order valence-corrected chi connectivity index (χ2v) is 5.06. The van der Waals surface area contributed by atoms with E-state index in [1.807, 2.05) is 20.8 Å². The van der Waals surface area contributed by atoms with Crippen LogP contribution in [0.4, 0.5) is 5.69 Å². The molecule has 0 unspecified atom stereocenters. The van der Waals surface area contributed by atoms with Crippen LogP contribution in [0.2, 0.25) is 0 Å². The Morgan fingerprint density at radius 3 is 2.53 bits per heavy atom. The molecule has 0 bridgehead atoms. The van der Waals surface area contributed by atoms with Gasteiger partial charge in [-0.05, 0) is 43.9 Å². The van der Waals surface area contributed by atoms with E-state index in [9.17, 15) is 14.9 Å². The number of nitrogens with zero attached hydrogens (tertiary/aromatic N) is 2. The number of amides is 1. The average Bonchev–Trinajstić information content (AvgIpc) is 2.30. The smallest absolute Gasteiger partial charge is 0.282 e. The topological polar surface area (TPSA) is 63.5 Å². The Morgan fingerprint density at radius 2 is 2.05 bits per heavy atom. The number of carbonyl (C=O) groups is 1. The number of nitro benzene ring substituents is 1. The van der Waals surface area contributed by atoms with Gasteiger partial charge in [0.1, 0.15) is 5.56 Å². The van der Waals surface area contributed by atoms with Crippen LogP contribution in [0.3, 0.4) is 0 Å². The van der Waals surface area contributed by atoms with Crippen molar-refractivity contribution in [3.05, 3.63) is 38.9 Å². The summed E-state index contributed by atoms with van der Waals surface area (Å²) in [5.41, 5.74) is 1.86. The number of hydrogen-bond donors (Lipinski definition) is 0. The fourth-order valence-electron chi connectivity index (χ4n) is 2.41. The van der Waals surface area contributed by atoms with Gasteiger partial charge in [0.2, 0.25) is 0 Å². The maximum atomic E-state index is 12.4. The molecule has 0 saturated carbocycles. The summed E-state index contributed by atoms with van der Waals surface area (Å²) in [5.74, 6) is -0.215. The molecule has 19 heavy (non-hydrogen) atoms. The summed E-state index contributed by atoms with van der Waals surface area (Å²) < 4.78 is 0. The third-order valence-corrected chi connectivity index (χ3v) is 3.92. The van der Waals surface area contributed by atoms with Crippen LogP contribution in [-0.4, -0.2) is 28.3 Å². The van der Waals surface area contributed by atoms with E-state index in [2.05, 4.69) is 0 Å². The minimum absolute atomic E-state index is 0.0881. The van der Waals surface area contributed by atoms with Gasteiger partial charge in [0.25, 0.3) is 11.6 Å². The molecule has 1 saturated heterocycles. The van der Waals surface area contributed by atoms with Gasteiger partial charge in [0, 0.05) is 18.7 Å². The van der Waals surface area contributed by atoms with Gasteiger partial charge in [0.05, 0.1) is 4.92 Å². The summed E-state index contributed by atoms with van der Waals surface area (Å²) in [7, 11) is 0. The largest absolute Gasteiger partial charge is 0.335 e. The van der Waals surface area contributed by atoms with Gasteiger partial charge < -0.3 is 4.90 Å². The normalized spacial score (nSPS) is 18.1. The molecule has 2 rings (SSSR count). The molecule has 0 spiro atoms. The molecular weight excluding hydrogens is 244 g/mol. The fourth-order valence-corrected chi connectivity index (χ4v) is 2.41. The number of benzene rings is 1. The van der Waals surface area contributed by atoms with Crippen LogP contribution in [0.15, 0.2) is 12.1 Å². The van der Waals surface area contributed by atoms with E-state index in [4.69, 9.17) is 0 Å². The first-order valence-corrected chi connectivity index (χ1v) is 6.52. The highest BCUT2D eigenvalue weighted by atomic mass is 16.6. The van der Waals surface area contributed by atoms with Gasteiger partial charge in [-0.3, -0.25) is 14.9 Å². The third kappa shape index (κ3) is 2.32. The number of likely N-dealkylation sites (tertiary alicyclic amines) is 1. The average molecular weight is 262 g/mol. The molecule has 1 fully saturated rings. The number of nitro groups is 1. The Hall–Kier alpha value is -1.91. The number of aryl methyl sites for hydroxylation is 2. The van der Waals surface area contributed by atoms with E-state index in [0.717, 1.165) is 24.0 Å². The van der Waals surface area contributed by atoms with E-state index in [-0.39, 0.29) is 23.2 Å². The second kappa shape index (κ2) is 4.99. The maximum absolute atomic E-state index is 12.4. The van der Waals surface area contributed by atoms with Gasteiger partial charge in [-0.25, -0.2) is 0 Å². The molecule has 5 heteroatoms. The van der Waals surface area contributed by atoms with Crippen LogP contribution < -0.4 is 0 Å². The minimum Gasteiger partial charge on any atom is -0.335 e. The van der Waals surface area contributed by atoms with Crippen molar-refractivity contribution < 1.29 is 9.72 Å². The lowest BCUT2D eigenvalue weighted by atomic mass is 9.97. The molecule has 1 aromatic carbocycles. The molecule has 1 aromatic rings. The Balaban J connectivity index is 2.41. The first kappa shape index (κ1) is 13.5. The molecule has 0 aliphatic carbocycles. The SMILES string of the molecule is CC[C@@H]1CCN1C(=O)c1cc(C)c(C)cc1[N+](=O)[O-]. The van der Waals surface area contributed by atoms with Crippen molar-refractivity contribution in [3.8, 4) is 0 Å². The van der Waals surface area contributed by atoms with E-state index in [1.54, 1.807) is 11.0 Å². The van der Waals surface area contributed by atoms with Gasteiger partial charge in [-0.1, -0.05) is 6.92 Å². The lowest BCUT2D eigenvalue weighted by Gasteiger charge is -2.40. The molecule has 102 valence electrons. The standard InChI is InChI=1S/C14H18N2O3/c1-4-11-5-6-15(11)14(17)12-7-9(2)10(3)8-13(12)16(18)19/h7-8,11H,4-6H2,1-3H3/t11-/m1/s1. The summed E-state index contributed by atoms with van der Waals surface area (Å²) in [4.78, 5) is 24.8. The zero-order valence-corrected chi connectivity index (χ0v) is 11.5. The highest BCUT2D eigenvalue weighted by molar-refractivity contribution is 5.99. The zero-order valence-electron chi connectivity index (χ0n) is 11.5. The summed E-state index contributed by atoms with van der Waals surface area (Å²) in [6.07, 6.45) is 1.88. The highest BCUT2D eigenvalue weighted by Gasteiger charge is 2.34. The Kier molecular flexibility index (Phi) is 3.55. The van der Waals surface area contributed by atoms with Gasteiger partial charge in [-0.15, -0.1) is 0 Å². The van der Waals surface area contributed by atoms with Crippen molar-refractivity contribution in [3.63, 3.8) is 0 Å². The van der Waals surface area contributed by atoms with Crippen LogP contribution in [-0.2, 0) is 0 Å². The van der Waals surface area contributed by atoms with Crippen molar-refractivity contribution in [1.29, 1.82) is 0 Å². The van der Waals surface area contributed by atoms with Gasteiger partial charge in [0.15, 0.2) is 0 Å². The molecule has 1 atom stereocenters. The van der Waals surface area contributed by atoms with E-state index in [0.29, 0.717) is 6.54 Å². The van der Waals surface area contributed by atoms with Crippen molar-refractivity contribution in [2.45, 2.75) is 39.7 Å². The highest BCUT2D eigenvalue weighted by Crippen LogP contribution is 2.29. The molecule has 1 aliphatic rings. The summed E-state index contributed by atoms with van der Waals surface area (Å²) >= 11 is 0. The minimum atomic E-state index is -0.472. The fraction of sp³-hybridized carbons (Fsp3) is 0.500. The number of carbonyl (C=O) groups excluding carboxylic acids is 1. The third-order valence-electron chi connectivity index (χ3n) is 3.92. The van der Waals surface area contributed by atoms with Crippen molar-refractivity contribution >= 4 is 11.6 Å². The van der Waals surface area contributed by atoms with Crippen LogP contribution in [0.25, 0.3) is 0 Å².